The molecule has 1 heterocycles. The summed E-state index contributed by atoms with van der Waals surface area (Å²) in [5, 5.41) is 11.3. The molecule has 0 aliphatic rings. The number of benzene rings is 1. The summed E-state index contributed by atoms with van der Waals surface area (Å²) < 4.78 is 0. The van der Waals surface area contributed by atoms with Crippen molar-refractivity contribution < 1.29 is 9.90 Å². The zero-order valence-electron chi connectivity index (χ0n) is 12.9. The molecule has 2 rings (SSSR count). The molecule has 2 aromatic rings. The number of hydrogen-bond acceptors (Lipinski definition) is 4. The molecular weight excluding hydrogens is 308 g/mol. The number of thiazole rings is 1. The van der Waals surface area contributed by atoms with Gasteiger partial charge in [0.05, 0.1) is 5.01 Å². The van der Waals surface area contributed by atoms with Gasteiger partial charge in [-0.15, -0.1) is 24.5 Å². The first-order chi connectivity index (χ1) is 11.1. The Kier molecular flexibility index (Phi) is 6.26. The van der Waals surface area contributed by atoms with Gasteiger partial charge >= 0.3 is 5.97 Å². The number of hydrogen-bond donors (Lipinski definition) is 1. The van der Waals surface area contributed by atoms with Crippen molar-refractivity contribution in [2.24, 2.45) is 0 Å². The van der Waals surface area contributed by atoms with Crippen molar-refractivity contribution in [3.8, 4) is 0 Å². The fourth-order valence-electron chi connectivity index (χ4n) is 2.25. The normalized spacial score (nSPS) is 10.7. The van der Waals surface area contributed by atoms with E-state index in [1.165, 1.54) is 16.9 Å². The second-order valence-electron chi connectivity index (χ2n) is 5.20. The average Bonchev–Trinajstić information content (AvgIpc) is 2.98. The summed E-state index contributed by atoms with van der Waals surface area (Å²) in [5.74, 6) is -0.979. The van der Waals surface area contributed by atoms with Gasteiger partial charge in [-0.05, 0) is 11.1 Å². The van der Waals surface area contributed by atoms with Crippen LogP contribution in [-0.4, -0.2) is 34.0 Å². The Morgan fingerprint density at radius 1 is 1.17 bits per heavy atom. The highest BCUT2D eigenvalue weighted by atomic mass is 32.1. The molecule has 1 aromatic carbocycles. The summed E-state index contributed by atoms with van der Waals surface area (Å²) in [6.07, 6.45) is 4.43. The van der Waals surface area contributed by atoms with Crippen LogP contribution in [-0.2, 0) is 13.0 Å². The van der Waals surface area contributed by atoms with Crippen LogP contribution < -0.4 is 0 Å². The lowest BCUT2D eigenvalue weighted by atomic mass is 10.1. The van der Waals surface area contributed by atoms with Crippen LogP contribution in [0.1, 0.15) is 26.6 Å². The van der Waals surface area contributed by atoms with Gasteiger partial charge in [-0.3, -0.25) is 4.90 Å². The highest BCUT2D eigenvalue weighted by Gasteiger charge is 2.09. The lowest BCUT2D eigenvalue weighted by molar-refractivity contribution is 0.0691. The molecule has 5 heteroatoms. The van der Waals surface area contributed by atoms with E-state index in [4.69, 9.17) is 5.11 Å². The molecule has 23 heavy (non-hydrogen) atoms. The predicted octanol–water partition coefficient (Wildman–Crippen LogP) is 3.61. The number of carboxylic acid groups (broad SMARTS) is 1. The quantitative estimate of drug-likeness (QED) is 0.715. The van der Waals surface area contributed by atoms with E-state index in [1.807, 2.05) is 12.2 Å². The van der Waals surface area contributed by atoms with Gasteiger partial charge in [-0.2, -0.15) is 0 Å². The second-order valence-corrected chi connectivity index (χ2v) is 6.14. The van der Waals surface area contributed by atoms with Crippen molar-refractivity contribution in [2.45, 2.75) is 13.0 Å². The lowest BCUT2D eigenvalue weighted by Crippen LogP contribution is -2.23. The molecular formula is C18H20N2O2S. The van der Waals surface area contributed by atoms with E-state index in [-0.39, 0.29) is 5.69 Å². The third-order valence-corrected chi connectivity index (χ3v) is 4.18. The molecule has 0 fully saturated rings. The number of nitrogens with zero attached hydrogens (tertiary/aromatic N) is 2. The predicted molar refractivity (Wildman–Crippen MR) is 94.0 cm³/mol. The van der Waals surface area contributed by atoms with Crippen LogP contribution in [0.4, 0.5) is 0 Å². The zero-order valence-corrected chi connectivity index (χ0v) is 13.8. The van der Waals surface area contributed by atoms with E-state index in [0.29, 0.717) is 6.42 Å². The Morgan fingerprint density at radius 2 is 1.78 bits per heavy atom. The average molecular weight is 328 g/mol. The molecule has 0 aliphatic carbocycles. The van der Waals surface area contributed by atoms with Crippen molar-refractivity contribution in [1.82, 2.24) is 9.88 Å². The van der Waals surface area contributed by atoms with Gasteiger partial charge in [0, 0.05) is 31.4 Å². The van der Waals surface area contributed by atoms with Crippen LogP contribution >= 0.6 is 11.3 Å². The van der Waals surface area contributed by atoms with Crippen LogP contribution in [0, 0.1) is 0 Å². The van der Waals surface area contributed by atoms with Crippen molar-refractivity contribution in [3.63, 3.8) is 0 Å². The third kappa shape index (κ3) is 5.16. The van der Waals surface area contributed by atoms with Gasteiger partial charge in [0.2, 0.25) is 0 Å². The van der Waals surface area contributed by atoms with Gasteiger partial charge in [0.25, 0.3) is 0 Å². The summed E-state index contributed by atoms with van der Waals surface area (Å²) >= 11 is 1.38. The summed E-state index contributed by atoms with van der Waals surface area (Å²) in [6.45, 7) is 10.0. The SMILES string of the molecule is C=CCN(CC=C)Cc1ccc(Cc2nc(C(=O)O)cs2)cc1. The zero-order chi connectivity index (χ0) is 16.7. The third-order valence-electron chi connectivity index (χ3n) is 3.33. The molecule has 0 saturated heterocycles. The number of carbonyl (C=O) groups is 1. The highest BCUT2D eigenvalue weighted by Crippen LogP contribution is 2.16. The molecule has 0 aliphatic heterocycles. The summed E-state index contributed by atoms with van der Waals surface area (Å²) in [5.41, 5.74) is 2.47. The van der Waals surface area contributed by atoms with Crippen molar-refractivity contribution in [3.05, 3.63) is 76.8 Å². The maximum Gasteiger partial charge on any atom is 0.355 e. The van der Waals surface area contributed by atoms with Crippen LogP contribution in [0.25, 0.3) is 0 Å². The van der Waals surface area contributed by atoms with Crippen LogP contribution in [0.15, 0.2) is 55.0 Å². The molecule has 0 atom stereocenters. The van der Waals surface area contributed by atoms with E-state index in [9.17, 15) is 4.79 Å². The van der Waals surface area contributed by atoms with Gasteiger partial charge in [-0.1, -0.05) is 36.4 Å². The standard InChI is InChI=1S/C18H20N2O2S/c1-3-9-20(10-4-2)12-15-7-5-14(6-8-15)11-17-19-16(13-23-17)18(21)22/h3-8,13H,1-2,9-12H2,(H,21,22). The van der Waals surface area contributed by atoms with Crippen LogP contribution in [0.5, 0.6) is 0 Å². The molecule has 120 valence electrons. The molecule has 0 amide bonds. The molecule has 0 saturated carbocycles. The Bertz CT molecular complexity index is 667. The topological polar surface area (TPSA) is 53.4 Å². The van der Waals surface area contributed by atoms with E-state index < -0.39 is 5.97 Å². The summed E-state index contributed by atoms with van der Waals surface area (Å²) in [4.78, 5) is 17.2. The largest absolute Gasteiger partial charge is 0.476 e. The molecule has 0 radical (unpaired) electrons. The monoisotopic (exact) mass is 328 g/mol. The maximum atomic E-state index is 10.8. The minimum atomic E-state index is -0.979. The molecule has 1 N–H and O–H groups in total. The molecule has 4 nitrogen and oxygen atoms in total. The minimum absolute atomic E-state index is 0.117. The van der Waals surface area contributed by atoms with E-state index in [2.05, 4.69) is 47.3 Å². The van der Waals surface area contributed by atoms with E-state index >= 15 is 0 Å². The molecule has 0 spiro atoms. The van der Waals surface area contributed by atoms with Crippen LogP contribution in [0.2, 0.25) is 0 Å². The van der Waals surface area contributed by atoms with Gasteiger partial charge in [-0.25, -0.2) is 9.78 Å². The Morgan fingerprint density at radius 3 is 2.30 bits per heavy atom. The van der Waals surface area contributed by atoms with Crippen molar-refractivity contribution in [2.75, 3.05) is 13.1 Å². The second kappa shape index (κ2) is 8.41. The fourth-order valence-corrected chi connectivity index (χ4v) is 3.06. The van der Waals surface area contributed by atoms with Crippen molar-refractivity contribution in [1.29, 1.82) is 0 Å². The molecule has 1 aromatic heterocycles. The van der Waals surface area contributed by atoms with Gasteiger partial charge in [0.15, 0.2) is 5.69 Å². The summed E-state index contributed by atoms with van der Waals surface area (Å²) in [6, 6.07) is 8.33. The minimum Gasteiger partial charge on any atom is -0.476 e. The maximum absolute atomic E-state index is 10.8. The lowest BCUT2D eigenvalue weighted by Gasteiger charge is -2.18. The fraction of sp³-hybridized carbons (Fsp3) is 0.222. The number of rotatable bonds is 9. The number of carboxylic acids is 1. The van der Waals surface area contributed by atoms with Crippen LogP contribution in [0.3, 0.4) is 0 Å². The van der Waals surface area contributed by atoms with Crippen molar-refractivity contribution >= 4 is 17.3 Å². The first-order valence-electron chi connectivity index (χ1n) is 7.32. The number of aromatic carboxylic acids is 1. The first-order valence-corrected chi connectivity index (χ1v) is 8.20. The summed E-state index contributed by atoms with van der Waals surface area (Å²) in [7, 11) is 0. The Hall–Kier alpha value is -2.24. The first kappa shape index (κ1) is 17.1. The number of aromatic nitrogens is 1. The molecule has 0 bridgehead atoms. The Balaban J connectivity index is 1.99. The van der Waals surface area contributed by atoms with Gasteiger partial charge in [0.1, 0.15) is 0 Å². The smallest absolute Gasteiger partial charge is 0.355 e. The highest BCUT2D eigenvalue weighted by molar-refractivity contribution is 7.09. The van der Waals surface area contributed by atoms with E-state index in [0.717, 1.165) is 30.2 Å². The Labute approximate surface area is 140 Å². The van der Waals surface area contributed by atoms with E-state index in [1.54, 1.807) is 5.38 Å². The molecule has 0 unspecified atom stereocenters. The van der Waals surface area contributed by atoms with Gasteiger partial charge < -0.3 is 5.11 Å².